The van der Waals surface area contributed by atoms with Crippen molar-refractivity contribution in [2.75, 3.05) is 20.2 Å². The van der Waals surface area contributed by atoms with E-state index in [0.717, 1.165) is 0 Å². The molecule has 0 saturated heterocycles. The Morgan fingerprint density at radius 2 is 1.86 bits per heavy atom. The minimum absolute atomic E-state index is 0.129. The SMILES string of the molecule is CN(CCOc1ccc(F)cc1)S(=O)(=O)c1cccc(Cl)c1. The summed E-state index contributed by atoms with van der Waals surface area (Å²) in [6.07, 6.45) is 0. The molecule has 0 saturated carbocycles. The van der Waals surface area contributed by atoms with Crippen molar-refractivity contribution in [2.24, 2.45) is 0 Å². The minimum atomic E-state index is -3.61. The van der Waals surface area contributed by atoms with E-state index in [4.69, 9.17) is 16.3 Å². The lowest BCUT2D eigenvalue weighted by molar-refractivity contribution is 0.286. The van der Waals surface area contributed by atoms with Crippen LogP contribution in [0.1, 0.15) is 0 Å². The van der Waals surface area contributed by atoms with Crippen LogP contribution in [-0.2, 0) is 10.0 Å². The Bertz CT molecular complexity index is 735. The van der Waals surface area contributed by atoms with Crippen LogP contribution >= 0.6 is 11.6 Å². The monoisotopic (exact) mass is 343 g/mol. The van der Waals surface area contributed by atoms with Gasteiger partial charge in [0, 0.05) is 18.6 Å². The summed E-state index contributed by atoms with van der Waals surface area (Å²) in [4.78, 5) is 0.129. The number of likely N-dealkylation sites (N-methyl/N-ethyl adjacent to an activating group) is 1. The molecule has 0 radical (unpaired) electrons. The first kappa shape index (κ1) is 16.7. The van der Waals surface area contributed by atoms with E-state index in [-0.39, 0.29) is 23.9 Å². The first-order valence-corrected chi connectivity index (χ1v) is 8.31. The third kappa shape index (κ3) is 4.19. The second kappa shape index (κ2) is 7.09. The quantitative estimate of drug-likeness (QED) is 0.809. The van der Waals surface area contributed by atoms with Crippen molar-refractivity contribution in [3.05, 3.63) is 59.4 Å². The zero-order chi connectivity index (χ0) is 16.2. The van der Waals surface area contributed by atoms with Crippen molar-refractivity contribution in [2.45, 2.75) is 4.90 Å². The number of halogens is 2. The Labute approximate surface area is 134 Å². The summed E-state index contributed by atoms with van der Waals surface area (Å²) in [5.74, 6) is 0.128. The molecule has 0 aliphatic carbocycles. The highest BCUT2D eigenvalue weighted by Gasteiger charge is 2.20. The lowest BCUT2D eigenvalue weighted by Crippen LogP contribution is -2.31. The largest absolute Gasteiger partial charge is 0.492 e. The van der Waals surface area contributed by atoms with E-state index in [1.165, 1.54) is 47.8 Å². The lowest BCUT2D eigenvalue weighted by atomic mass is 10.3. The molecule has 0 N–H and O–H groups in total. The van der Waals surface area contributed by atoms with Gasteiger partial charge in [-0.05, 0) is 42.5 Å². The second-order valence-corrected chi connectivity index (χ2v) is 7.07. The molecule has 22 heavy (non-hydrogen) atoms. The van der Waals surface area contributed by atoms with Gasteiger partial charge in [0.15, 0.2) is 0 Å². The molecule has 2 aromatic rings. The van der Waals surface area contributed by atoms with E-state index in [9.17, 15) is 12.8 Å². The van der Waals surface area contributed by atoms with Gasteiger partial charge >= 0.3 is 0 Å². The Morgan fingerprint density at radius 3 is 2.50 bits per heavy atom. The average molecular weight is 344 g/mol. The van der Waals surface area contributed by atoms with Gasteiger partial charge in [0.1, 0.15) is 18.2 Å². The fourth-order valence-electron chi connectivity index (χ4n) is 1.75. The van der Waals surface area contributed by atoms with Crippen LogP contribution in [0, 0.1) is 5.82 Å². The number of ether oxygens (including phenoxy) is 1. The van der Waals surface area contributed by atoms with Crippen LogP contribution in [0.25, 0.3) is 0 Å². The van der Waals surface area contributed by atoms with Gasteiger partial charge in [0.2, 0.25) is 10.0 Å². The van der Waals surface area contributed by atoms with Crippen molar-refractivity contribution in [3.8, 4) is 5.75 Å². The van der Waals surface area contributed by atoms with Gasteiger partial charge in [0.05, 0.1) is 4.90 Å². The highest BCUT2D eigenvalue weighted by atomic mass is 35.5. The molecule has 4 nitrogen and oxygen atoms in total. The summed E-state index contributed by atoms with van der Waals surface area (Å²) in [6.45, 7) is 0.314. The van der Waals surface area contributed by atoms with E-state index in [2.05, 4.69) is 0 Å². The smallest absolute Gasteiger partial charge is 0.242 e. The van der Waals surface area contributed by atoms with Crippen LogP contribution in [0.4, 0.5) is 4.39 Å². The van der Waals surface area contributed by atoms with E-state index in [1.807, 2.05) is 0 Å². The topological polar surface area (TPSA) is 46.6 Å². The summed E-state index contributed by atoms with van der Waals surface area (Å²) >= 11 is 5.81. The summed E-state index contributed by atoms with van der Waals surface area (Å²) < 4.78 is 44.0. The molecule has 0 heterocycles. The number of benzene rings is 2. The Balaban J connectivity index is 1.96. The number of hydrogen-bond donors (Lipinski definition) is 0. The average Bonchev–Trinajstić information content (AvgIpc) is 2.49. The molecule has 0 aliphatic rings. The van der Waals surface area contributed by atoms with Crippen molar-refractivity contribution in [1.29, 1.82) is 0 Å². The summed E-state index contributed by atoms with van der Waals surface area (Å²) in [6, 6.07) is 11.6. The number of rotatable bonds is 6. The van der Waals surface area contributed by atoms with Crippen LogP contribution < -0.4 is 4.74 Å². The standard InChI is InChI=1S/C15H15ClFNO3S/c1-18(9-10-21-14-7-5-13(17)6-8-14)22(19,20)15-4-2-3-12(16)11-15/h2-8,11H,9-10H2,1H3. The Hall–Kier alpha value is -1.63. The van der Waals surface area contributed by atoms with E-state index >= 15 is 0 Å². The molecule has 0 bridgehead atoms. The predicted octanol–water partition coefficient (Wildman–Crippen LogP) is 3.18. The normalized spacial score (nSPS) is 11.6. The zero-order valence-electron chi connectivity index (χ0n) is 11.9. The first-order chi connectivity index (χ1) is 10.4. The van der Waals surface area contributed by atoms with Crippen LogP contribution in [0.2, 0.25) is 5.02 Å². The second-order valence-electron chi connectivity index (χ2n) is 4.59. The summed E-state index contributed by atoms with van der Waals surface area (Å²) in [5.41, 5.74) is 0. The molecule has 0 amide bonds. The van der Waals surface area contributed by atoms with Crippen molar-refractivity contribution in [1.82, 2.24) is 4.31 Å². The van der Waals surface area contributed by atoms with Crippen LogP contribution in [-0.4, -0.2) is 32.9 Å². The molecule has 0 spiro atoms. The molecular weight excluding hydrogens is 329 g/mol. The molecule has 118 valence electrons. The summed E-state index contributed by atoms with van der Waals surface area (Å²) in [7, 11) is -2.15. The highest BCUT2D eigenvalue weighted by molar-refractivity contribution is 7.89. The molecule has 7 heteroatoms. The van der Waals surface area contributed by atoms with E-state index in [1.54, 1.807) is 12.1 Å². The molecule has 0 aromatic heterocycles. The van der Waals surface area contributed by atoms with Crippen molar-refractivity contribution >= 4 is 21.6 Å². The fourth-order valence-corrected chi connectivity index (χ4v) is 3.21. The van der Waals surface area contributed by atoms with Crippen LogP contribution in [0.15, 0.2) is 53.4 Å². The van der Waals surface area contributed by atoms with Gasteiger partial charge < -0.3 is 4.74 Å². The van der Waals surface area contributed by atoms with Gasteiger partial charge in [-0.1, -0.05) is 17.7 Å². The predicted molar refractivity (Wildman–Crippen MR) is 83.2 cm³/mol. The maximum atomic E-state index is 12.8. The number of nitrogens with zero attached hydrogens (tertiary/aromatic N) is 1. The molecule has 0 unspecified atom stereocenters. The zero-order valence-corrected chi connectivity index (χ0v) is 13.4. The number of sulfonamides is 1. The third-order valence-corrected chi connectivity index (χ3v) is 5.08. The Kier molecular flexibility index (Phi) is 5.39. The third-order valence-electron chi connectivity index (χ3n) is 2.99. The van der Waals surface area contributed by atoms with E-state index < -0.39 is 10.0 Å². The van der Waals surface area contributed by atoms with Crippen molar-refractivity contribution in [3.63, 3.8) is 0 Å². The maximum Gasteiger partial charge on any atom is 0.242 e. The van der Waals surface area contributed by atoms with Gasteiger partial charge in [-0.3, -0.25) is 0 Å². The highest BCUT2D eigenvalue weighted by Crippen LogP contribution is 2.18. The molecule has 0 aliphatic heterocycles. The first-order valence-electron chi connectivity index (χ1n) is 6.50. The minimum Gasteiger partial charge on any atom is -0.492 e. The summed E-state index contributed by atoms with van der Waals surface area (Å²) in [5, 5.41) is 0.358. The fraction of sp³-hybridized carbons (Fsp3) is 0.200. The molecule has 0 atom stereocenters. The maximum absolute atomic E-state index is 12.8. The molecule has 2 aromatic carbocycles. The van der Waals surface area contributed by atoms with Crippen LogP contribution in [0.3, 0.4) is 0 Å². The van der Waals surface area contributed by atoms with Gasteiger partial charge in [0.25, 0.3) is 0 Å². The van der Waals surface area contributed by atoms with E-state index in [0.29, 0.717) is 10.8 Å². The lowest BCUT2D eigenvalue weighted by Gasteiger charge is -2.17. The van der Waals surface area contributed by atoms with Gasteiger partial charge in [-0.15, -0.1) is 0 Å². The van der Waals surface area contributed by atoms with Gasteiger partial charge in [-0.25, -0.2) is 12.8 Å². The number of hydrogen-bond acceptors (Lipinski definition) is 3. The molecular formula is C15H15ClFNO3S. The molecule has 2 rings (SSSR count). The molecule has 0 fully saturated rings. The Morgan fingerprint density at radius 1 is 1.18 bits per heavy atom. The van der Waals surface area contributed by atoms with Crippen molar-refractivity contribution < 1.29 is 17.5 Å². The van der Waals surface area contributed by atoms with Crippen LogP contribution in [0.5, 0.6) is 5.75 Å². The van der Waals surface area contributed by atoms with Gasteiger partial charge in [-0.2, -0.15) is 4.31 Å².